The van der Waals surface area contributed by atoms with Crippen LogP contribution in [0.2, 0.25) is 0 Å². The number of hydrogen-bond donors (Lipinski definition) is 1. The van der Waals surface area contributed by atoms with Crippen LogP contribution >= 0.6 is 0 Å². The summed E-state index contributed by atoms with van der Waals surface area (Å²) in [6.07, 6.45) is 10.8. The maximum absolute atomic E-state index is 12.2. The van der Waals surface area contributed by atoms with E-state index in [2.05, 4.69) is 15.5 Å². The Bertz CT molecular complexity index is 710. The van der Waals surface area contributed by atoms with Crippen molar-refractivity contribution in [3.63, 3.8) is 0 Å². The van der Waals surface area contributed by atoms with E-state index < -0.39 is 0 Å². The monoisotopic (exact) mass is 313 g/mol. The molecule has 1 saturated carbocycles. The molecule has 4 rings (SSSR count). The zero-order chi connectivity index (χ0) is 15.8. The Balaban J connectivity index is 1.62. The molecule has 0 radical (unpaired) electrons. The van der Waals surface area contributed by atoms with Crippen LogP contribution in [0.15, 0.2) is 18.5 Å². The van der Waals surface area contributed by atoms with Crippen molar-refractivity contribution < 1.29 is 4.79 Å². The molecule has 0 spiro atoms. The fourth-order valence-electron chi connectivity index (χ4n) is 3.91. The third kappa shape index (κ3) is 2.78. The number of fused-ring (bicyclic) bond motifs is 1. The molecular weight excluding hydrogens is 290 g/mol. The van der Waals surface area contributed by atoms with Gasteiger partial charge in [-0.25, -0.2) is 4.68 Å². The Hall–Kier alpha value is -2.11. The van der Waals surface area contributed by atoms with Crippen LogP contribution in [-0.4, -0.2) is 25.5 Å². The molecule has 2 aliphatic rings. The minimum absolute atomic E-state index is 0.0139. The zero-order valence-corrected chi connectivity index (χ0v) is 13.5. The highest BCUT2D eigenvalue weighted by Gasteiger charge is 2.31. The Morgan fingerprint density at radius 2 is 2.13 bits per heavy atom. The molecule has 1 aliphatic heterocycles. The maximum atomic E-state index is 12.2. The van der Waals surface area contributed by atoms with Gasteiger partial charge in [-0.05, 0) is 24.8 Å². The maximum Gasteiger partial charge on any atom is 0.226 e. The summed E-state index contributed by atoms with van der Waals surface area (Å²) >= 11 is 0. The second-order valence-corrected chi connectivity index (χ2v) is 6.85. The molecule has 0 aromatic carbocycles. The lowest BCUT2D eigenvalue weighted by atomic mass is 9.89. The summed E-state index contributed by atoms with van der Waals surface area (Å²) in [5.74, 6) is 1.63. The smallest absolute Gasteiger partial charge is 0.226 e. The second kappa shape index (κ2) is 5.83. The molecule has 1 fully saturated rings. The molecule has 6 heteroatoms. The minimum atomic E-state index is 0.0139. The van der Waals surface area contributed by atoms with Crippen molar-refractivity contribution in [1.82, 2.24) is 19.6 Å². The van der Waals surface area contributed by atoms with E-state index in [0.717, 1.165) is 23.6 Å². The van der Waals surface area contributed by atoms with Gasteiger partial charge in [0.05, 0.1) is 11.9 Å². The molecule has 1 atom stereocenters. The fourth-order valence-corrected chi connectivity index (χ4v) is 3.91. The molecule has 0 bridgehead atoms. The second-order valence-electron chi connectivity index (χ2n) is 6.85. The van der Waals surface area contributed by atoms with E-state index in [1.165, 1.54) is 32.1 Å². The predicted molar refractivity (Wildman–Crippen MR) is 87.1 cm³/mol. The van der Waals surface area contributed by atoms with Crippen LogP contribution in [0.5, 0.6) is 0 Å². The summed E-state index contributed by atoms with van der Waals surface area (Å²) in [4.78, 5) is 12.2. The Kier molecular flexibility index (Phi) is 3.67. The van der Waals surface area contributed by atoms with Gasteiger partial charge in [0, 0.05) is 37.7 Å². The summed E-state index contributed by atoms with van der Waals surface area (Å²) < 4.78 is 3.78. The summed E-state index contributed by atoms with van der Waals surface area (Å²) in [6, 6.07) is 1.99. The molecule has 0 saturated heterocycles. The number of nitrogens with zero attached hydrogens (tertiary/aromatic N) is 4. The van der Waals surface area contributed by atoms with Gasteiger partial charge in [-0.3, -0.25) is 9.48 Å². The Morgan fingerprint density at radius 1 is 1.30 bits per heavy atom. The van der Waals surface area contributed by atoms with E-state index in [0.29, 0.717) is 12.3 Å². The molecule has 3 heterocycles. The normalized spacial score (nSPS) is 22.0. The highest BCUT2D eigenvalue weighted by atomic mass is 16.1. The van der Waals surface area contributed by atoms with E-state index in [1.54, 1.807) is 4.68 Å². The minimum Gasteiger partial charge on any atom is -0.311 e. The average molecular weight is 313 g/mol. The average Bonchev–Trinajstić information content (AvgIpc) is 3.15. The first-order valence-electron chi connectivity index (χ1n) is 8.56. The lowest BCUT2D eigenvalue weighted by molar-refractivity contribution is -0.116. The third-order valence-corrected chi connectivity index (χ3v) is 5.14. The van der Waals surface area contributed by atoms with Crippen LogP contribution in [0.3, 0.4) is 0 Å². The van der Waals surface area contributed by atoms with Crippen molar-refractivity contribution in [3.8, 4) is 0 Å². The van der Waals surface area contributed by atoms with E-state index in [1.807, 2.05) is 30.2 Å². The van der Waals surface area contributed by atoms with Gasteiger partial charge >= 0.3 is 0 Å². The van der Waals surface area contributed by atoms with Gasteiger partial charge < -0.3 is 5.32 Å². The molecule has 122 valence electrons. The quantitative estimate of drug-likeness (QED) is 0.947. The lowest BCUT2D eigenvalue weighted by Gasteiger charge is -2.25. The lowest BCUT2D eigenvalue weighted by Crippen LogP contribution is -2.26. The fraction of sp³-hybridized carbons (Fsp3) is 0.588. The highest BCUT2D eigenvalue weighted by Crippen LogP contribution is 2.37. The number of nitrogens with one attached hydrogen (secondary N) is 1. The van der Waals surface area contributed by atoms with Gasteiger partial charge in [-0.1, -0.05) is 19.3 Å². The van der Waals surface area contributed by atoms with Crippen molar-refractivity contribution in [2.75, 3.05) is 5.32 Å². The molecule has 2 aromatic heterocycles. The first-order chi connectivity index (χ1) is 11.2. The van der Waals surface area contributed by atoms with Gasteiger partial charge in [-0.15, -0.1) is 0 Å². The van der Waals surface area contributed by atoms with Crippen molar-refractivity contribution in [2.45, 2.75) is 51.0 Å². The Labute approximate surface area is 135 Å². The molecule has 1 amide bonds. The number of anilines is 1. The summed E-state index contributed by atoms with van der Waals surface area (Å²) in [7, 11) is 1.90. The van der Waals surface area contributed by atoms with Crippen molar-refractivity contribution in [2.24, 2.45) is 13.0 Å². The number of hydrogen-bond acceptors (Lipinski definition) is 3. The summed E-state index contributed by atoms with van der Waals surface area (Å²) in [6.45, 7) is 0.907. The molecule has 23 heavy (non-hydrogen) atoms. The standard InChI is InChI=1S/C17H23N5O/c1-21-8-7-15(20-21)13-9-16(23)19-17-14(13)10-18-22(17)11-12-5-3-2-4-6-12/h7-8,10,12-13H,2-6,9,11H2,1H3,(H,19,23). The summed E-state index contributed by atoms with van der Waals surface area (Å²) in [5.41, 5.74) is 2.04. The van der Waals surface area contributed by atoms with E-state index in [4.69, 9.17) is 0 Å². The van der Waals surface area contributed by atoms with Crippen molar-refractivity contribution >= 4 is 11.7 Å². The number of aryl methyl sites for hydroxylation is 1. The molecule has 1 aliphatic carbocycles. The van der Waals surface area contributed by atoms with Crippen LogP contribution < -0.4 is 5.32 Å². The van der Waals surface area contributed by atoms with Crippen LogP contribution in [-0.2, 0) is 18.4 Å². The third-order valence-electron chi connectivity index (χ3n) is 5.14. The van der Waals surface area contributed by atoms with Crippen molar-refractivity contribution in [3.05, 3.63) is 29.7 Å². The number of aromatic nitrogens is 4. The summed E-state index contributed by atoms with van der Waals surface area (Å²) in [5, 5.41) is 12.1. The molecule has 1 N–H and O–H groups in total. The first-order valence-corrected chi connectivity index (χ1v) is 8.56. The number of carbonyl (C=O) groups excluding carboxylic acids is 1. The van der Waals surface area contributed by atoms with E-state index >= 15 is 0 Å². The van der Waals surface area contributed by atoms with Crippen LogP contribution in [0.25, 0.3) is 0 Å². The topological polar surface area (TPSA) is 64.7 Å². The molecule has 1 unspecified atom stereocenters. The Morgan fingerprint density at radius 3 is 2.87 bits per heavy atom. The first kappa shape index (κ1) is 14.5. The van der Waals surface area contributed by atoms with Gasteiger partial charge in [0.15, 0.2) is 0 Å². The van der Waals surface area contributed by atoms with Crippen LogP contribution in [0.1, 0.15) is 55.7 Å². The van der Waals surface area contributed by atoms with Gasteiger partial charge in [0.2, 0.25) is 5.91 Å². The highest BCUT2D eigenvalue weighted by molar-refractivity contribution is 5.94. The van der Waals surface area contributed by atoms with E-state index in [-0.39, 0.29) is 11.8 Å². The van der Waals surface area contributed by atoms with Gasteiger partial charge in [0.1, 0.15) is 5.82 Å². The number of rotatable bonds is 3. The van der Waals surface area contributed by atoms with Crippen LogP contribution in [0, 0.1) is 5.92 Å². The number of carbonyl (C=O) groups is 1. The molecule has 2 aromatic rings. The molecular formula is C17H23N5O. The van der Waals surface area contributed by atoms with E-state index in [9.17, 15) is 4.79 Å². The van der Waals surface area contributed by atoms with Gasteiger partial charge in [0.25, 0.3) is 0 Å². The number of amides is 1. The molecule has 6 nitrogen and oxygen atoms in total. The predicted octanol–water partition coefficient (Wildman–Crippen LogP) is 2.67. The van der Waals surface area contributed by atoms with Crippen molar-refractivity contribution in [1.29, 1.82) is 0 Å². The van der Waals surface area contributed by atoms with Crippen LogP contribution in [0.4, 0.5) is 5.82 Å². The SMILES string of the molecule is Cn1ccc(C2CC(=O)Nc3c2cnn3CC2CCCCC2)n1. The zero-order valence-electron chi connectivity index (χ0n) is 13.5. The van der Waals surface area contributed by atoms with Gasteiger partial charge in [-0.2, -0.15) is 10.2 Å². The largest absolute Gasteiger partial charge is 0.311 e.